The monoisotopic (exact) mass is 1660 g/mol. The molecule has 2 nitrogen and oxygen atoms in total. The zero-order chi connectivity index (χ0) is 88.2. The highest BCUT2D eigenvalue weighted by Crippen LogP contribution is 2.56. The van der Waals surface area contributed by atoms with Gasteiger partial charge in [0.25, 0.3) is 0 Å². The van der Waals surface area contributed by atoms with Crippen molar-refractivity contribution in [1.29, 1.82) is 0 Å². The number of aliphatic hydroxyl groups excluding tert-OH is 1. The third kappa shape index (κ3) is 48.7. The molecule has 118 heavy (non-hydrogen) atoms. The average Bonchev–Trinajstić information content (AvgIpc) is 1.63. The Kier molecular flexibility index (Phi) is 70.1. The first kappa shape index (κ1) is 116. The van der Waals surface area contributed by atoms with Gasteiger partial charge < -0.3 is 5.11 Å². The van der Waals surface area contributed by atoms with E-state index in [-0.39, 0.29) is 12.0 Å². The van der Waals surface area contributed by atoms with Gasteiger partial charge in [-0.3, -0.25) is 4.79 Å². The summed E-state index contributed by atoms with van der Waals surface area (Å²) in [4.78, 5) is 15.7. The van der Waals surface area contributed by atoms with Crippen LogP contribution >= 0.6 is 0 Å². The maximum Gasteiger partial charge on any atom is 0.139 e. The Labute approximate surface area is 749 Å². The first-order valence-electron chi connectivity index (χ1n) is 56.1. The van der Waals surface area contributed by atoms with Crippen LogP contribution in [0.1, 0.15) is 572 Å². The molecule has 1 saturated carbocycles. The fraction of sp³-hybridized carbons (Fsp3) is 0.991. The minimum absolute atomic E-state index is 0.135. The van der Waals surface area contributed by atoms with Crippen LogP contribution in [0.2, 0.25) is 0 Å². The number of unbranched alkanes of at least 4 members (excludes halogenated alkanes) is 2. The second-order valence-corrected chi connectivity index (χ2v) is 43.8. The molecule has 1 rings (SSSR count). The fourth-order valence-electron chi connectivity index (χ4n) is 26.1. The molecule has 0 spiro atoms. The Morgan fingerprint density at radius 3 is 0.483 bits per heavy atom. The Morgan fingerprint density at radius 1 is 0.195 bits per heavy atom. The van der Waals surface area contributed by atoms with Crippen molar-refractivity contribution < 1.29 is 9.90 Å². The summed E-state index contributed by atoms with van der Waals surface area (Å²) < 4.78 is 0. The third-order valence-corrected chi connectivity index (χ3v) is 35.6. The van der Waals surface area contributed by atoms with E-state index in [4.69, 9.17) is 0 Å². The zero-order valence-corrected chi connectivity index (χ0v) is 87.0. The van der Waals surface area contributed by atoms with E-state index < -0.39 is 0 Å². The highest BCUT2D eigenvalue weighted by Gasteiger charge is 2.50. The molecule has 4 unspecified atom stereocenters. The van der Waals surface area contributed by atoms with Crippen molar-refractivity contribution in [3.8, 4) is 0 Å². The lowest BCUT2D eigenvalue weighted by atomic mass is 9.66. The van der Waals surface area contributed by atoms with E-state index in [1.807, 2.05) is 0 Å². The Morgan fingerprint density at radius 2 is 0.339 bits per heavy atom. The second-order valence-electron chi connectivity index (χ2n) is 43.8. The quantitative estimate of drug-likeness (QED) is 0.0616. The van der Waals surface area contributed by atoms with Gasteiger partial charge in [-0.05, 0) is 340 Å². The van der Waals surface area contributed by atoms with E-state index in [2.05, 4.69) is 187 Å². The summed E-state index contributed by atoms with van der Waals surface area (Å²) in [6, 6.07) is 0. The van der Waals surface area contributed by atoms with Gasteiger partial charge in [-0.2, -0.15) is 0 Å². The van der Waals surface area contributed by atoms with Gasteiger partial charge in [0.15, 0.2) is 0 Å². The predicted molar refractivity (Wildman–Crippen MR) is 535 cm³/mol. The molecule has 4 atom stereocenters. The van der Waals surface area contributed by atoms with Crippen LogP contribution < -0.4 is 0 Å². The van der Waals surface area contributed by atoms with Gasteiger partial charge in [-0.25, -0.2) is 0 Å². The first-order chi connectivity index (χ1) is 57.0. The van der Waals surface area contributed by atoms with Gasteiger partial charge in [-0.1, -0.05) is 380 Å². The summed E-state index contributed by atoms with van der Waals surface area (Å²) in [5.41, 5.74) is -0.204. The summed E-state index contributed by atoms with van der Waals surface area (Å²) in [5.74, 6) is 20.8. The van der Waals surface area contributed by atoms with Crippen LogP contribution in [0.5, 0.6) is 0 Å². The van der Waals surface area contributed by atoms with E-state index in [9.17, 15) is 5.11 Å². The second kappa shape index (κ2) is 71.5. The van der Waals surface area contributed by atoms with Crippen molar-refractivity contribution in [2.75, 3.05) is 6.61 Å². The number of hydrogen-bond donors (Lipinski definition) is 1. The van der Waals surface area contributed by atoms with E-state index in [0.717, 1.165) is 155 Å². The lowest BCUT2D eigenvalue weighted by molar-refractivity contribution is -0.125. The normalized spacial score (nSPS) is 15.0. The van der Waals surface area contributed by atoms with Crippen LogP contribution in [0.3, 0.4) is 0 Å². The van der Waals surface area contributed by atoms with Crippen molar-refractivity contribution in [3.05, 3.63) is 0 Å². The average molecular weight is 1660 g/mol. The SMILES string of the molecule is CCCCCC(CC(CC)CC)CC(CC(CC(CC)CC)CC(CC)CC)CC(CC(CC(CC)CC)CC(CC)CC)CC(CC(CC(CC(CC(CC)CC)CC(CC)CC)CC(CC(CC)CC)CC(CC)CC)CC(CC(CC(CC)CC)CC(CC)CC)CC(CC(CC)CC)CC(CC)CC)CC1(C(=O)CCCO)CC1. The number of carbonyl (C=O) groups excluding carboxylic acids is 1. The van der Waals surface area contributed by atoms with Gasteiger partial charge in [0, 0.05) is 18.4 Å². The number of aliphatic hydroxyl groups is 1. The van der Waals surface area contributed by atoms with Crippen LogP contribution in [0.4, 0.5) is 0 Å². The standard InChI is InChI=1S/C116H230O2/c1-28-55-56-58-102(63-89(29-2)30-3)76-109(77-103(64-90(31-4)32-5)65-91(33-6)34-7)83-112(82-108(74-100(51-24)52-25)75-101(53-26)54-27)86-114(88-116(60-61-116)115(118)59-57-62-117)87-113(84-110(78-104(66-92(35-8)36-9)67-93(37-10)38-11)79-105(68-94(39-12)40-13)69-95(41-14)42-15)85-111(80-106(70-96(43-16)44-17)71-97(45-18)46-19)81-107(72-98(47-20)48-21)73-99(49-22)50-23/h89-114,117H,28-88H2,1-27H3. The van der Waals surface area contributed by atoms with Gasteiger partial charge in [0.1, 0.15) is 5.78 Å². The molecule has 1 aliphatic rings. The molecule has 0 bridgehead atoms. The van der Waals surface area contributed by atoms with E-state index in [1.54, 1.807) is 0 Å². The smallest absolute Gasteiger partial charge is 0.139 e. The maximum absolute atomic E-state index is 15.7. The van der Waals surface area contributed by atoms with Gasteiger partial charge >= 0.3 is 0 Å². The molecule has 0 amide bonds. The topological polar surface area (TPSA) is 37.3 Å². The number of carbonyl (C=O) groups is 1. The summed E-state index contributed by atoms with van der Waals surface area (Å²) >= 11 is 0. The molecule has 0 radical (unpaired) electrons. The van der Waals surface area contributed by atoms with Crippen LogP contribution in [0.15, 0.2) is 0 Å². The number of rotatable bonds is 86. The van der Waals surface area contributed by atoms with E-state index in [0.29, 0.717) is 36.4 Å². The Balaban J connectivity index is 5.52. The zero-order valence-electron chi connectivity index (χ0n) is 87.0. The van der Waals surface area contributed by atoms with Crippen molar-refractivity contribution in [2.45, 2.75) is 572 Å². The summed E-state index contributed by atoms with van der Waals surface area (Å²) in [6.45, 7) is 68.8. The maximum atomic E-state index is 15.7. The molecule has 1 fully saturated rings. The summed E-state index contributed by atoms with van der Waals surface area (Å²) in [6.07, 6.45) is 80.3. The molecule has 0 heterocycles. The highest BCUT2D eigenvalue weighted by atomic mass is 16.3. The van der Waals surface area contributed by atoms with E-state index >= 15 is 4.79 Å². The molecule has 0 aromatic rings. The Hall–Kier alpha value is -0.370. The molecule has 0 aromatic carbocycles. The van der Waals surface area contributed by atoms with Gasteiger partial charge in [0.2, 0.25) is 0 Å². The van der Waals surface area contributed by atoms with Crippen molar-refractivity contribution in [2.24, 2.45) is 159 Å². The molecule has 1 N–H and O–H groups in total. The molecular weight excluding hydrogens is 1430 g/mol. The Bertz CT molecular complexity index is 1910. The molecule has 0 aliphatic heterocycles. The predicted octanol–water partition coefficient (Wildman–Crippen LogP) is 39.5. The van der Waals surface area contributed by atoms with Gasteiger partial charge in [-0.15, -0.1) is 0 Å². The number of hydrogen-bond acceptors (Lipinski definition) is 2. The minimum atomic E-state index is -0.204. The fourth-order valence-corrected chi connectivity index (χ4v) is 26.1. The van der Waals surface area contributed by atoms with Crippen LogP contribution in [0, 0.1) is 159 Å². The summed E-state index contributed by atoms with van der Waals surface area (Å²) in [5, 5.41) is 10.7. The lowest BCUT2D eigenvalue weighted by Crippen LogP contribution is -2.29. The summed E-state index contributed by atoms with van der Waals surface area (Å²) in [7, 11) is 0. The lowest BCUT2D eigenvalue weighted by Gasteiger charge is -2.39. The van der Waals surface area contributed by atoms with Crippen LogP contribution in [-0.2, 0) is 4.79 Å². The van der Waals surface area contributed by atoms with Crippen LogP contribution in [0.25, 0.3) is 0 Å². The van der Waals surface area contributed by atoms with Crippen molar-refractivity contribution in [1.82, 2.24) is 0 Å². The van der Waals surface area contributed by atoms with Crippen molar-refractivity contribution in [3.63, 3.8) is 0 Å². The van der Waals surface area contributed by atoms with Gasteiger partial charge in [0.05, 0.1) is 0 Å². The van der Waals surface area contributed by atoms with Crippen molar-refractivity contribution >= 4 is 5.78 Å². The van der Waals surface area contributed by atoms with Crippen LogP contribution in [-0.4, -0.2) is 17.5 Å². The largest absolute Gasteiger partial charge is 0.396 e. The molecule has 2 heteroatoms. The van der Waals surface area contributed by atoms with E-state index in [1.165, 1.54) is 353 Å². The highest BCUT2D eigenvalue weighted by molar-refractivity contribution is 5.87. The molecule has 706 valence electrons. The molecule has 0 saturated heterocycles. The third-order valence-electron chi connectivity index (χ3n) is 35.6. The first-order valence-corrected chi connectivity index (χ1v) is 56.1. The molecule has 1 aliphatic carbocycles. The number of ketones is 1. The molecular formula is C116H230O2. The minimum Gasteiger partial charge on any atom is -0.396 e. The number of Topliss-reactive ketones (excluding diaryl/α,β-unsaturated/α-hetero) is 1. The molecule has 0 aromatic heterocycles.